The van der Waals surface area contributed by atoms with E-state index in [0.29, 0.717) is 0 Å². The number of thiophene rings is 1. The summed E-state index contributed by atoms with van der Waals surface area (Å²) in [5.41, 5.74) is 1.29. The van der Waals surface area contributed by atoms with Crippen LogP contribution in [-0.2, 0) is 6.42 Å². The van der Waals surface area contributed by atoms with Crippen molar-refractivity contribution in [3.05, 3.63) is 21.4 Å². The first kappa shape index (κ1) is 8.75. The lowest BCUT2D eigenvalue weighted by atomic mass is 10.1. The molecule has 1 aromatic rings. The Kier molecular flexibility index (Phi) is 2.68. The molecule has 62 valence electrons. The van der Waals surface area contributed by atoms with Crippen LogP contribution in [-0.4, -0.2) is 5.11 Å². The molecule has 0 bridgehead atoms. The summed E-state index contributed by atoms with van der Waals surface area (Å²) in [6, 6.07) is 2.16. The number of rotatable bonds is 2. The van der Waals surface area contributed by atoms with E-state index in [1.165, 1.54) is 10.4 Å². The van der Waals surface area contributed by atoms with Gasteiger partial charge in [0.05, 0.1) is 6.10 Å². The SMILES string of the molecule is CCc1cc(C)sc1C(C)O. The molecule has 1 nitrogen and oxygen atoms in total. The smallest absolute Gasteiger partial charge is 0.0856 e. The molecule has 0 saturated carbocycles. The fourth-order valence-corrected chi connectivity index (χ4v) is 2.27. The molecule has 0 aliphatic rings. The van der Waals surface area contributed by atoms with Crippen LogP contribution in [0.15, 0.2) is 6.07 Å². The van der Waals surface area contributed by atoms with Crippen LogP contribution in [0.4, 0.5) is 0 Å². The molecule has 1 unspecified atom stereocenters. The molecule has 1 heterocycles. The van der Waals surface area contributed by atoms with Crippen molar-refractivity contribution in [1.29, 1.82) is 0 Å². The topological polar surface area (TPSA) is 20.2 Å². The Bertz CT molecular complexity index is 238. The summed E-state index contributed by atoms with van der Waals surface area (Å²) >= 11 is 1.70. The minimum atomic E-state index is -0.302. The van der Waals surface area contributed by atoms with Gasteiger partial charge in [0.1, 0.15) is 0 Å². The van der Waals surface area contributed by atoms with Gasteiger partial charge in [-0.3, -0.25) is 0 Å². The van der Waals surface area contributed by atoms with Crippen LogP contribution >= 0.6 is 11.3 Å². The molecule has 1 atom stereocenters. The van der Waals surface area contributed by atoms with Gasteiger partial charge in [0.25, 0.3) is 0 Å². The third kappa shape index (κ3) is 1.82. The predicted octanol–water partition coefficient (Wildman–Crippen LogP) is 2.67. The summed E-state index contributed by atoms with van der Waals surface area (Å²) in [6.07, 6.45) is 0.716. The quantitative estimate of drug-likeness (QED) is 0.723. The summed E-state index contributed by atoms with van der Waals surface area (Å²) in [5, 5.41) is 9.36. The van der Waals surface area contributed by atoms with Crippen molar-refractivity contribution in [3.63, 3.8) is 0 Å². The predicted molar refractivity (Wildman–Crippen MR) is 49.1 cm³/mol. The largest absolute Gasteiger partial charge is 0.388 e. The van der Waals surface area contributed by atoms with E-state index in [4.69, 9.17) is 0 Å². The number of aliphatic hydroxyl groups excluding tert-OH is 1. The molecular weight excluding hydrogens is 156 g/mol. The molecule has 11 heavy (non-hydrogen) atoms. The van der Waals surface area contributed by atoms with Crippen LogP contribution in [0.25, 0.3) is 0 Å². The molecule has 2 heteroatoms. The first-order valence-electron chi connectivity index (χ1n) is 3.92. The average molecular weight is 170 g/mol. The fourth-order valence-electron chi connectivity index (χ4n) is 1.21. The Morgan fingerprint density at radius 3 is 2.64 bits per heavy atom. The van der Waals surface area contributed by atoms with Crippen molar-refractivity contribution in [3.8, 4) is 0 Å². The molecule has 0 spiro atoms. The zero-order chi connectivity index (χ0) is 8.43. The van der Waals surface area contributed by atoms with Crippen molar-refractivity contribution in [2.75, 3.05) is 0 Å². The van der Waals surface area contributed by atoms with Gasteiger partial charge in [-0.2, -0.15) is 0 Å². The summed E-state index contributed by atoms with van der Waals surface area (Å²) in [7, 11) is 0. The van der Waals surface area contributed by atoms with Gasteiger partial charge in [-0.25, -0.2) is 0 Å². The molecule has 0 aliphatic heterocycles. The van der Waals surface area contributed by atoms with Crippen LogP contribution in [0.5, 0.6) is 0 Å². The number of hydrogen-bond acceptors (Lipinski definition) is 2. The standard InChI is InChI=1S/C9H14OS/c1-4-8-5-6(2)11-9(8)7(3)10/h5,7,10H,4H2,1-3H3. The number of aryl methyl sites for hydroxylation is 2. The van der Waals surface area contributed by atoms with E-state index in [9.17, 15) is 5.11 Å². The second-order valence-electron chi connectivity index (χ2n) is 2.78. The van der Waals surface area contributed by atoms with Crippen molar-refractivity contribution in [1.82, 2.24) is 0 Å². The van der Waals surface area contributed by atoms with Gasteiger partial charge in [-0.1, -0.05) is 6.92 Å². The lowest BCUT2D eigenvalue weighted by Gasteiger charge is -2.02. The van der Waals surface area contributed by atoms with Gasteiger partial charge in [-0.15, -0.1) is 11.3 Å². The molecule has 0 aliphatic carbocycles. The Hall–Kier alpha value is -0.340. The molecule has 0 saturated heterocycles. The Morgan fingerprint density at radius 2 is 2.27 bits per heavy atom. The Balaban J connectivity index is 3.02. The molecule has 1 aromatic heterocycles. The Labute approximate surface area is 71.7 Å². The Morgan fingerprint density at radius 1 is 1.64 bits per heavy atom. The second-order valence-corrected chi connectivity index (χ2v) is 4.06. The second kappa shape index (κ2) is 3.37. The van der Waals surface area contributed by atoms with Crippen molar-refractivity contribution in [2.24, 2.45) is 0 Å². The third-order valence-corrected chi connectivity index (χ3v) is 2.99. The maximum absolute atomic E-state index is 9.36. The average Bonchev–Trinajstić information content (AvgIpc) is 2.30. The molecule has 1 rings (SSSR count). The first-order chi connectivity index (χ1) is 5.15. The number of hydrogen-bond donors (Lipinski definition) is 1. The molecular formula is C9H14OS. The first-order valence-corrected chi connectivity index (χ1v) is 4.74. The zero-order valence-corrected chi connectivity index (χ0v) is 8.03. The van der Waals surface area contributed by atoms with Crippen molar-refractivity contribution < 1.29 is 5.11 Å². The summed E-state index contributed by atoms with van der Waals surface area (Å²) in [5.74, 6) is 0. The van der Waals surface area contributed by atoms with Gasteiger partial charge in [-0.05, 0) is 31.9 Å². The molecule has 0 amide bonds. The van der Waals surface area contributed by atoms with E-state index in [2.05, 4.69) is 19.9 Å². The van der Waals surface area contributed by atoms with E-state index < -0.39 is 0 Å². The summed E-state index contributed by atoms with van der Waals surface area (Å²) < 4.78 is 0. The van der Waals surface area contributed by atoms with Crippen LogP contribution in [0.3, 0.4) is 0 Å². The van der Waals surface area contributed by atoms with Crippen molar-refractivity contribution in [2.45, 2.75) is 33.3 Å². The zero-order valence-electron chi connectivity index (χ0n) is 7.22. The van der Waals surface area contributed by atoms with Crippen molar-refractivity contribution >= 4 is 11.3 Å². The maximum atomic E-state index is 9.36. The van der Waals surface area contributed by atoms with E-state index in [1.54, 1.807) is 11.3 Å². The van der Waals surface area contributed by atoms with E-state index in [0.717, 1.165) is 11.3 Å². The highest BCUT2D eigenvalue weighted by Gasteiger charge is 2.09. The van der Waals surface area contributed by atoms with Crippen LogP contribution in [0.2, 0.25) is 0 Å². The van der Waals surface area contributed by atoms with Gasteiger partial charge in [0, 0.05) is 9.75 Å². The monoisotopic (exact) mass is 170 g/mol. The maximum Gasteiger partial charge on any atom is 0.0856 e. The van der Waals surface area contributed by atoms with E-state index in [1.807, 2.05) is 6.92 Å². The van der Waals surface area contributed by atoms with E-state index in [-0.39, 0.29) is 6.10 Å². The lowest BCUT2D eigenvalue weighted by molar-refractivity contribution is 0.202. The van der Waals surface area contributed by atoms with Gasteiger partial charge in [0.2, 0.25) is 0 Å². The van der Waals surface area contributed by atoms with Gasteiger partial charge in [0.15, 0.2) is 0 Å². The highest BCUT2D eigenvalue weighted by Crippen LogP contribution is 2.27. The molecule has 0 fully saturated rings. The molecule has 1 N–H and O–H groups in total. The van der Waals surface area contributed by atoms with Crippen LogP contribution in [0, 0.1) is 6.92 Å². The third-order valence-electron chi connectivity index (χ3n) is 1.73. The van der Waals surface area contributed by atoms with Crippen LogP contribution < -0.4 is 0 Å². The number of aliphatic hydroxyl groups is 1. The van der Waals surface area contributed by atoms with E-state index >= 15 is 0 Å². The van der Waals surface area contributed by atoms with Crippen LogP contribution in [0.1, 0.15) is 35.3 Å². The minimum Gasteiger partial charge on any atom is -0.388 e. The normalized spacial score (nSPS) is 13.5. The summed E-state index contributed by atoms with van der Waals surface area (Å²) in [4.78, 5) is 2.42. The molecule has 0 aromatic carbocycles. The molecule has 0 radical (unpaired) electrons. The lowest BCUT2D eigenvalue weighted by Crippen LogP contribution is -1.90. The summed E-state index contributed by atoms with van der Waals surface area (Å²) in [6.45, 7) is 6.02. The highest BCUT2D eigenvalue weighted by molar-refractivity contribution is 7.12. The van der Waals surface area contributed by atoms with Gasteiger partial charge < -0.3 is 5.11 Å². The van der Waals surface area contributed by atoms with Gasteiger partial charge >= 0.3 is 0 Å². The highest BCUT2D eigenvalue weighted by atomic mass is 32.1. The minimum absolute atomic E-state index is 0.302. The fraction of sp³-hybridized carbons (Fsp3) is 0.556.